The number of hydrogen-bond acceptors (Lipinski definition) is 7. The maximum atomic E-state index is 12.3. The minimum atomic E-state index is -0.687. The normalized spacial score (nSPS) is 15.1. The highest BCUT2D eigenvalue weighted by Gasteiger charge is 2.28. The van der Waals surface area contributed by atoms with E-state index in [1.807, 2.05) is 37.3 Å². The number of rotatable bonds is 8. The number of pyridine rings is 1. The van der Waals surface area contributed by atoms with Gasteiger partial charge in [0.1, 0.15) is 22.2 Å². The topological polar surface area (TPSA) is 117 Å². The van der Waals surface area contributed by atoms with E-state index in [0.717, 1.165) is 25.2 Å². The highest BCUT2D eigenvalue weighted by Crippen LogP contribution is 2.42. The Labute approximate surface area is 193 Å². The van der Waals surface area contributed by atoms with E-state index in [0.29, 0.717) is 53.7 Å². The highest BCUT2D eigenvalue weighted by molar-refractivity contribution is 8.00. The lowest BCUT2D eigenvalue weighted by Crippen LogP contribution is -2.48. The number of carbonyl (C=O) groups excluding carboxylic acids is 1. The number of benzene rings is 1. The standard InChI is InChI=1S/C23H27N7OS/c1-3-17-18(15-25)23(32-20(21(26)31)16-7-5-4-6-8-16)28-22(19(17)27-2)30-13-11-29(10-9-24)12-14-30/h4-8,20H,3,9-14,24H2,1H3,(H2,26,31). The van der Waals surface area contributed by atoms with Crippen LogP contribution in [0, 0.1) is 17.9 Å². The molecule has 1 atom stereocenters. The molecule has 0 spiro atoms. The minimum Gasteiger partial charge on any atom is -0.368 e. The average molecular weight is 450 g/mol. The molecule has 2 heterocycles. The van der Waals surface area contributed by atoms with Gasteiger partial charge in [0, 0.05) is 39.3 Å². The van der Waals surface area contributed by atoms with Gasteiger partial charge in [-0.2, -0.15) is 5.26 Å². The van der Waals surface area contributed by atoms with E-state index in [2.05, 4.69) is 20.7 Å². The van der Waals surface area contributed by atoms with Crippen LogP contribution in [0.2, 0.25) is 0 Å². The van der Waals surface area contributed by atoms with Gasteiger partial charge in [0.2, 0.25) is 11.6 Å². The van der Waals surface area contributed by atoms with E-state index in [-0.39, 0.29) is 0 Å². The van der Waals surface area contributed by atoms with Crippen molar-refractivity contribution >= 4 is 29.2 Å². The number of anilines is 1. The molecule has 1 fully saturated rings. The lowest BCUT2D eigenvalue weighted by atomic mass is 10.1. The van der Waals surface area contributed by atoms with Crippen LogP contribution in [0.4, 0.5) is 11.5 Å². The van der Waals surface area contributed by atoms with Gasteiger partial charge in [0.05, 0.1) is 12.1 Å². The van der Waals surface area contributed by atoms with E-state index in [1.54, 1.807) is 0 Å². The van der Waals surface area contributed by atoms with Crippen molar-refractivity contribution in [1.29, 1.82) is 5.26 Å². The van der Waals surface area contributed by atoms with Crippen molar-refractivity contribution in [3.8, 4) is 6.07 Å². The number of primary amides is 1. The Kier molecular flexibility index (Phi) is 8.07. The third kappa shape index (κ3) is 5.03. The number of hydrogen-bond donors (Lipinski definition) is 2. The van der Waals surface area contributed by atoms with Gasteiger partial charge in [-0.1, -0.05) is 49.0 Å². The molecule has 0 aliphatic carbocycles. The van der Waals surface area contributed by atoms with Crippen LogP contribution in [0.1, 0.15) is 28.9 Å². The number of nitriles is 1. The van der Waals surface area contributed by atoms with Crippen LogP contribution in [0.3, 0.4) is 0 Å². The molecule has 1 aliphatic heterocycles. The molecule has 4 N–H and O–H groups in total. The Morgan fingerprint density at radius 1 is 1.31 bits per heavy atom. The summed E-state index contributed by atoms with van der Waals surface area (Å²) in [6, 6.07) is 11.4. The molecule has 1 aromatic heterocycles. The van der Waals surface area contributed by atoms with Crippen LogP contribution in [0.5, 0.6) is 0 Å². The van der Waals surface area contributed by atoms with Crippen molar-refractivity contribution in [2.24, 2.45) is 11.5 Å². The second-order valence-electron chi connectivity index (χ2n) is 7.45. The summed E-state index contributed by atoms with van der Waals surface area (Å²) in [6.45, 7) is 14.2. The Hall–Kier alpha value is -3.11. The van der Waals surface area contributed by atoms with Crippen molar-refractivity contribution in [2.75, 3.05) is 44.2 Å². The molecular formula is C23H27N7OS. The number of carbonyl (C=O) groups is 1. The van der Waals surface area contributed by atoms with Crippen molar-refractivity contribution in [3.63, 3.8) is 0 Å². The van der Waals surface area contributed by atoms with Crippen LogP contribution in [0.25, 0.3) is 4.85 Å². The molecule has 8 nitrogen and oxygen atoms in total. The fourth-order valence-electron chi connectivity index (χ4n) is 3.87. The molecule has 32 heavy (non-hydrogen) atoms. The molecule has 1 amide bonds. The van der Waals surface area contributed by atoms with Crippen LogP contribution in [0.15, 0.2) is 35.4 Å². The Balaban J connectivity index is 2.04. The van der Waals surface area contributed by atoms with Crippen molar-refractivity contribution in [3.05, 3.63) is 58.4 Å². The Bertz CT molecular complexity index is 1040. The van der Waals surface area contributed by atoms with Gasteiger partial charge in [-0.25, -0.2) is 9.83 Å². The minimum absolute atomic E-state index is 0.344. The summed E-state index contributed by atoms with van der Waals surface area (Å²) in [7, 11) is 0. The van der Waals surface area contributed by atoms with Crippen LogP contribution in [-0.2, 0) is 11.2 Å². The van der Waals surface area contributed by atoms with Crippen LogP contribution < -0.4 is 16.4 Å². The van der Waals surface area contributed by atoms with Gasteiger partial charge in [0.15, 0.2) is 0 Å². The lowest BCUT2D eigenvalue weighted by molar-refractivity contribution is -0.117. The van der Waals surface area contributed by atoms with Crippen molar-refractivity contribution in [1.82, 2.24) is 9.88 Å². The van der Waals surface area contributed by atoms with Gasteiger partial charge >= 0.3 is 0 Å². The van der Waals surface area contributed by atoms with Crippen molar-refractivity contribution in [2.45, 2.75) is 23.6 Å². The second kappa shape index (κ2) is 11.0. The first-order valence-electron chi connectivity index (χ1n) is 10.6. The second-order valence-corrected chi connectivity index (χ2v) is 8.54. The number of aromatic nitrogens is 1. The number of nitrogens with zero attached hydrogens (tertiary/aromatic N) is 5. The molecule has 0 saturated carbocycles. The van der Waals surface area contributed by atoms with Gasteiger partial charge < -0.3 is 16.4 Å². The Morgan fingerprint density at radius 3 is 2.53 bits per heavy atom. The van der Waals surface area contributed by atoms with E-state index in [9.17, 15) is 10.1 Å². The molecule has 1 unspecified atom stereocenters. The fraction of sp³-hybridized carbons (Fsp3) is 0.391. The zero-order valence-corrected chi connectivity index (χ0v) is 18.9. The quantitative estimate of drug-likeness (QED) is 0.470. The average Bonchev–Trinajstić information content (AvgIpc) is 2.82. The molecule has 1 aromatic carbocycles. The zero-order valence-electron chi connectivity index (χ0n) is 18.1. The summed E-state index contributed by atoms with van der Waals surface area (Å²) in [5.41, 5.74) is 13.6. The first-order valence-corrected chi connectivity index (χ1v) is 11.4. The maximum Gasteiger partial charge on any atom is 0.235 e. The molecule has 3 rings (SSSR count). The summed E-state index contributed by atoms with van der Waals surface area (Å²) < 4.78 is 0. The van der Waals surface area contributed by atoms with Gasteiger partial charge in [-0.15, -0.1) is 0 Å². The molecule has 1 saturated heterocycles. The molecule has 1 aliphatic rings. The smallest absolute Gasteiger partial charge is 0.235 e. The summed E-state index contributed by atoms with van der Waals surface area (Å²) >= 11 is 1.17. The van der Waals surface area contributed by atoms with E-state index in [4.69, 9.17) is 23.0 Å². The molecule has 166 valence electrons. The van der Waals surface area contributed by atoms with Crippen LogP contribution in [-0.4, -0.2) is 55.1 Å². The van der Waals surface area contributed by atoms with Gasteiger partial charge in [-0.3, -0.25) is 9.69 Å². The third-order valence-corrected chi connectivity index (χ3v) is 6.76. The fourth-order valence-corrected chi connectivity index (χ4v) is 4.92. The van der Waals surface area contributed by atoms with E-state index < -0.39 is 11.2 Å². The SMILES string of the molecule is [C-]#[N+]c1c(N2CCN(CCN)CC2)nc(SC(C(N)=O)c2ccccc2)c(C#N)c1CC. The number of nitrogens with two attached hydrogens (primary N) is 2. The largest absolute Gasteiger partial charge is 0.368 e. The maximum absolute atomic E-state index is 12.3. The third-order valence-electron chi connectivity index (χ3n) is 5.51. The highest BCUT2D eigenvalue weighted by atomic mass is 32.2. The van der Waals surface area contributed by atoms with Gasteiger partial charge in [-0.05, 0) is 17.5 Å². The Morgan fingerprint density at radius 2 is 2.00 bits per heavy atom. The van der Waals surface area contributed by atoms with Crippen molar-refractivity contribution < 1.29 is 4.79 Å². The number of thioether (sulfide) groups is 1. The van der Waals surface area contributed by atoms with Crippen LogP contribution >= 0.6 is 11.8 Å². The molecule has 9 heteroatoms. The predicted molar refractivity (Wildman–Crippen MR) is 127 cm³/mol. The monoisotopic (exact) mass is 449 g/mol. The zero-order chi connectivity index (χ0) is 23.1. The van der Waals surface area contributed by atoms with E-state index >= 15 is 0 Å². The molecule has 0 radical (unpaired) electrons. The first-order chi connectivity index (χ1) is 15.5. The lowest BCUT2D eigenvalue weighted by Gasteiger charge is -2.36. The molecule has 0 bridgehead atoms. The summed E-state index contributed by atoms with van der Waals surface area (Å²) in [5.74, 6) is 0.0678. The summed E-state index contributed by atoms with van der Waals surface area (Å²) in [4.78, 5) is 25.2. The summed E-state index contributed by atoms with van der Waals surface area (Å²) in [5, 5.41) is 9.66. The predicted octanol–water partition coefficient (Wildman–Crippen LogP) is 2.47. The van der Waals surface area contributed by atoms with Gasteiger partial charge in [0.25, 0.3) is 0 Å². The van der Waals surface area contributed by atoms with E-state index in [1.165, 1.54) is 11.8 Å². The summed E-state index contributed by atoms with van der Waals surface area (Å²) in [6.07, 6.45) is 0.517. The number of piperazine rings is 1. The molecular weight excluding hydrogens is 422 g/mol. The first kappa shape index (κ1) is 23.6. The number of amides is 1. The molecule has 2 aromatic rings.